The van der Waals surface area contributed by atoms with E-state index in [-0.39, 0.29) is 13.0 Å². The minimum Gasteiger partial charge on any atom is -0.388 e. The van der Waals surface area contributed by atoms with E-state index in [2.05, 4.69) is 5.92 Å². The van der Waals surface area contributed by atoms with Gasteiger partial charge >= 0.3 is 0 Å². The summed E-state index contributed by atoms with van der Waals surface area (Å²) in [7, 11) is 0. The molecule has 0 heterocycles. The Balaban J connectivity index is 1.85. The molecule has 0 unspecified atom stereocenters. The molecule has 0 aromatic heterocycles. The van der Waals surface area contributed by atoms with Gasteiger partial charge in [0.1, 0.15) is 12.2 Å². The average molecular weight is 340 g/mol. The van der Waals surface area contributed by atoms with Crippen LogP contribution in [0.2, 0.25) is 0 Å². The smallest absolute Gasteiger partial charge is 0.117 e. The first-order chi connectivity index (χ1) is 12.2. The van der Waals surface area contributed by atoms with Crippen LogP contribution in [0.3, 0.4) is 0 Å². The summed E-state index contributed by atoms with van der Waals surface area (Å²) < 4.78 is 11.3. The van der Waals surface area contributed by atoms with Crippen LogP contribution in [0.4, 0.5) is 0 Å². The van der Waals surface area contributed by atoms with Crippen molar-refractivity contribution in [2.45, 2.75) is 37.9 Å². The topological polar surface area (TPSA) is 58.9 Å². The molecule has 4 nitrogen and oxygen atoms in total. The van der Waals surface area contributed by atoms with Gasteiger partial charge in [-0.25, -0.2) is 0 Å². The fourth-order valence-corrected chi connectivity index (χ4v) is 2.38. The maximum atomic E-state index is 10.4. The van der Waals surface area contributed by atoms with Gasteiger partial charge < -0.3 is 19.7 Å². The minimum absolute atomic E-state index is 0.103. The largest absolute Gasteiger partial charge is 0.388 e. The van der Waals surface area contributed by atoms with Crippen LogP contribution in [-0.2, 0) is 22.7 Å². The van der Waals surface area contributed by atoms with Gasteiger partial charge in [0.05, 0.1) is 25.9 Å². The van der Waals surface area contributed by atoms with Crippen molar-refractivity contribution in [1.82, 2.24) is 0 Å². The predicted octanol–water partition coefficient (Wildman–Crippen LogP) is 2.53. The van der Waals surface area contributed by atoms with Gasteiger partial charge in [-0.1, -0.05) is 66.6 Å². The Morgan fingerprint density at radius 1 is 0.880 bits per heavy atom. The Hall–Kier alpha value is -2.16. The van der Waals surface area contributed by atoms with Gasteiger partial charge in [-0.2, -0.15) is 0 Å². The SMILES string of the molecule is C#C[C@H](O)C[C@H](OCc1ccccc1)[C@H](O)COCc1ccccc1. The Morgan fingerprint density at radius 2 is 1.44 bits per heavy atom. The summed E-state index contributed by atoms with van der Waals surface area (Å²) in [6.07, 6.45) is 2.93. The maximum absolute atomic E-state index is 10.4. The molecule has 2 aromatic rings. The molecule has 4 heteroatoms. The zero-order chi connectivity index (χ0) is 17.9. The van der Waals surface area contributed by atoms with E-state index in [0.29, 0.717) is 13.2 Å². The van der Waals surface area contributed by atoms with E-state index in [1.54, 1.807) is 0 Å². The second-order valence-corrected chi connectivity index (χ2v) is 5.82. The minimum atomic E-state index is -0.968. The first kappa shape index (κ1) is 19.2. The summed E-state index contributed by atoms with van der Waals surface area (Å²) in [5.41, 5.74) is 2.01. The molecule has 2 rings (SSSR count). The number of ether oxygens (including phenoxy) is 2. The van der Waals surface area contributed by atoms with Gasteiger partial charge in [0.25, 0.3) is 0 Å². The number of hydrogen-bond acceptors (Lipinski definition) is 4. The normalized spacial score (nSPS) is 14.4. The molecular weight excluding hydrogens is 316 g/mol. The standard InChI is InChI=1S/C21H24O4/c1-2-19(22)13-21(25-15-18-11-7-4-8-12-18)20(23)16-24-14-17-9-5-3-6-10-17/h1,3-12,19-23H,13-16H2/t19-,20+,21-/m0/s1. The number of aliphatic hydroxyl groups is 2. The average Bonchev–Trinajstić information content (AvgIpc) is 2.66. The van der Waals surface area contributed by atoms with Gasteiger partial charge in [-0.3, -0.25) is 0 Å². The molecule has 2 aromatic carbocycles. The monoisotopic (exact) mass is 340 g/mol. The first-order valence-corrected chi connectivity index (χ1v) is 8.28. The number of terminal acetylenes is 1. The molecule has 0 amide bonds. The summed E-state index contributed by atoms with van der Waals surface area (Å²) in [5.74, 6) is 2.25. The van der Waals surface area contributed by atoms with Crippen molar-refractivity contribution in [1.29, 1.82) is 0 Å². The molecule has 0 aliphatic rings. The van der Waals surface area contributed by atoms with Gasteiger partial charge in [-0.05, 0) is 11.1 Å². The van der Waals surface area contributed by atoms with E-state index in [0.717, 1.165) is 11.1 Å². The highest BCUT2D eigenvalue weighted by atomic mass is 16.5. The number of hydrogen-bond donors (Lipinski definition) is 2. The van der Waals surface area contributed by atoms with Crippen molar-refractivity contribution in [3.63, 3.8) is 0 Å². The van der Waals surface area contributed by atoms with Crippen LogP contribution in [-0.4, -0.2) is 35.1 Å². The summed E-state index contributed by atoms with van der Waals surface area (Å²) in [6, 6.07) is 19.4. The molecule has 25 heavy (non-hydrogen) atoms. The third-order valence-corrected chi connectivity index (χ3v) is 3.78. The van der Waals surface area contributed by atoms with Gasteiger partial charge in [-0.15, -0.1) is 6.42 Å². The molecule has 0 fully saturated rings. The molecule has 3 atom stereocenters. The van der Waals surface area contributed by atoms with E-state index in [4.69, 9.17) is 15.9 Å². The van der Waals surface area contributed by atoms with Gasteiger partial charge in [0, 0.05) is 6.42 Å². The molecule has 0 saturated carbocycles. The van der Waals surface area contributed by atoms with Crippen LogP contribution >= 0.6 is 0 Å². The molecule has 0 spiro atoms. The molecule has 132 valence electrons. The van der Waals surface area contributed by atoms with Crippen LogP contribution < -0.4 is 0 Å². The van der Waals surface area contributed by atoms with Crippen LogP contribution in [0, 0.1) is 12.3 Å². The Kier molecular flexibility index (Phi) is 8.17. The van der Waals surface area contributed by atoms with E-state index in [9.17, 15) is 10.2 Å². The summed E-state index contributed by atoms with van der Waals surface area (Å²) in [6.45, 7) is 0.838. The number of benzene rings is 2. The lowest BCUT2D eigenvalue weighted by Gasteiger charge is -2.24. The van der Waals surface area contributed by atoms with Gasteiger partial charge in [0.15, 0.2) is 0 Å². The molecular formula is C21H24O4. The van der Waals surface area contributed by atoms with Crippen molar-refractivity contribution >= 4 is 0 Å². The van der Waals surface area contributed by atoms with E-state index < -0.39 is 18.3 Å². The van der Waals surface area contributed by atoms with Crippen LogP contribution in [0.5, 0.6) is 0 Å². The quantitative estimate of drug-likeness (QED) is 0.653. The molecule has 0 radical (unpaired) electrons. The van der Waals surface area contributed by atoms with Crippen LogP contribution in [0.1, 0.15) is 17.5 Å². The maximum Gasteiger partial charge on any atom is 0.117 e. The lowest BCUT2D eigenvalue weighted by molar-refractivity contribution is -0.0915. The Morgan fingerprint density at radius 3 is 2.00 bits per heavy atom. The highest BCUT2D eigenvalue weighted by Crippen LogP contribution is 2.13. The summed E-state index contributed by atoms with van der Waals surface area (Å²) in [4.78, 5) is 0. The number of aliphatic hydroxyl groups excluding tert-OH is 2. The van der Waals surface area contributed by atoms with E-state index in [1.165, 1.54) is 0 Å². The molecule has 0 bridgehead atoms. The zero-order valence-corrected chi connectivity index (χ0v) is 14.1. The van der Waals surface area contributed by atoms with Crippen molar-refractivity contribution in [3.8, 4) is 12.3 Å². The zero-order valence-electron chi connectivity index (χ0n) is 14.1. The molecule has 2 N–H and O–H groups in total. The third-order valence-electron chi connectivity index (χ3n) is 3.78. The Labute approximate surface area is 149 Å². The fraction of sp³-hybridized carbons (Fsp3) is 0.333. The summed E-state index contributed by atoms with van der Waals surface area (Å²) >= 11 is 0. The second-order valence-electron chi connectivity index (χ2n) is 5.82. The lowest BCUT2D eigenvalue weighted by Crippen LogP contribution is -2.35. The van der Waals surface area contributed by atoms with Crippen LogP contribution in [0.15, 0.2) is 60.7 Å². The molecule has 0 saturated heterocycles. The molecule has 0 aliphatic carbocycles. The second kappa shape index (κ2) is 10.7. The first-order valence-electron chi connectivity index (χ1n) is 8.28. The highest BCUT2D eigenvalue weighted by Gasteiger charge is 2.23. The van der Waals surface area contributed by atoms with E-state index in [1.807, 2.05) is 60.7 Å². The molecule has 0 aliphatic heterocycles. The predicted molar refractivity (Wildman–Crippen MR) is 96.6 cm³/mol. The van der Waals surface area contributed by atoms with Crippen molar-refractivity contribution in [3.05, 3.63) is 71.8 Å². The van der Waals surface area contributed by atoms with Crippen LogP contribution in [0.25, 0.3) is 0 Å². The van der Waals surface area contributed by atoms with Crippen molar-refractivity contribution < 1.29 is 19.7 Å². The van der Waals surface area contributed by atoms with Crippen molar-refractivity contribution in [2.24, 2.45) is 0 Å². The summed E-state index contributed by atoms with van der Waals surface area (Å²) in [5, 5.41) is 20.1. The van der Waals surface area contributed by atoms with Gasteiger partial charge in [0.2, 0.25) is 0 Å². The number of rotatable bonds is 10. The Bertz CT molecular complexity index is 636. The highest BCUT2D eigenvalue weighted by molar-refractivity contribution is 5.14. The van der Waals surface area contributed by atoms with E-state index >= 15 is 0 Å². The fourth-order valence-electron chi connectivity index (χ4n) is 2.38. The lowest BCUT2D eigenvalue weighted by atomic mass is 10.1. The van der Waals surface area contributed by atoms with Crippen molar-refractivity contribution in [2.75, 3.05) is 6.61 Å². The third kappa shape index (κ3) is 7.08.